The van der Waals surface area contributed by atoms with Gasteiger partial charge in [-0.25, -0.2) is 8.42 Å². The molecule has 1 fully saturated rings. The van der Waals surface area contributed by atoms with E-state index in [1.165, 1.54) is 0 Å². The summed E-state index contributed by atoms with van der Waals surface area (Å²) in [5.74, 6) is 6.93. The zero-order chi connectivity index (χ0) is 14.8. The fourth-order valence-electron chi connectivity index (χ4n) is 2.65. The maximum absolute atomic E-state index is 11.5. The lowest BCUT2D eigenvalue weighted by atomic mass is 9.94. The van der Waals surface area contributed by atoms with Crippen molar-refractivity contribution in [3.05, 3.63) is 28.8 Å². The number of hydrogen-bond donors (Lipinski definition) is 2. The summed E-state index contributed by atoms with van der Waals surface area (Å²) in [6.07, 6.45) is 1.33. The zero-order valence-electron chi connectivity index (χ0n) is 11.3. The van der Waals surface area contributed by atoms with Crippen molar-refractivity contribution < 1.29 is 13.2 Å². The second-order valence-corrected chi connectivity index (χ2v) is 7.78. The van der Waals surface area contributed by atoms with Gasteiger partial charge >= 0.3 is 0 Å². The minimum absolute atomic E-state index is 0.115. The van der Waals surface area contributed by atoms with E-state index in [-0.39, 0.29) is 23.5 Å². The molecule has 0 radical (unpaired) electrons. The van der Waals surface area contributed by atoms with E-state index in [1.807, 2.05) is 0 Å². The molecule has 2 atom stereocenters. The second kappa shape index (κ2) is 6.30. The zero-order valence-corrected chi connectivity index (χ0v) is 12.9. The van der Waals surface area contributed by atoms with Gasteiger partial charge in [0.15, 0.2) is 9.84 Å². The van der Waals surface area contributed by atoms with E-state index in [0.717, 1.165) is 5.56 Å². The number of hydrazine groups is 1. The number of nitrogens with two attached hydrogens (primary N) is 1. The van der Waals surface area contributed by atoms with Crippen LogP contribution in [0.2, 0.25) is 5.02 Å². The van der Waals surface area contributed by atoms with E-state index in [0.29, 0.717) is 23.6 Å². The molecule has 1 saturated heterocycles. The lowest BCUT2D eigenvalue weighted by Crippen LogP contribution is -2.30. The highest BCUT2D eigenvalue weighted by Crippen LogP contribution is 2.34. The van der Waals surface area contributed by atoms with Crippen LogP contribution >= 0.6 is 11.6 Å². The van der Waals surface area contributed by atoms with Crippen LogP contribution in [-0.2, 0) is 9.84 Å². The molecule has 1 aliphatic rings. The van der Waals surface area contributed by atoms with E-state index in [1.54, 1.807) is 25.3 Å². The smallest absolute Gasteiger partial charge is 0.150 e. The molecule has 0 amide bonds. The number of rotatable bonds is 5. The summed E-state index contributed by atoms with van der Waals surface area (Å²) in [7, 11) is -1.30. The first-order chi connectivity index (χ1) is 9.45. The van der Waals surface area contributed by atoms with E-state index < -0.39 is 9.84 Å². The summed E-state index contributed by atoms with van der Waals surface area (Å²) in [6.45, 7) is 0. The Bertz CT molecular complexity index is 577. The Kier molecular flexibility index (Phi) is 4.90. The SMILES string of the molecule is COc1ccc(Cl)cc1C(CC1CCS(=O)(=O)C1)NN. The van der Waals surface area contributed by atoms with Crippen LogP contribution in [0, 0.1) is 5.92 Å². The minimum Gasteiger partial charge on any atom is -0.496 e. The van der Waals surface area contributed by atoms with Gasteiger partial charge in [-0.15, -0.1) is 0 Å². The van der Waals surface area contributed by atoms with E-state index in [9.17, 15) is 8.42 Å². The van der Waals surface area contributed by atoms with Crippen LogP contribution < -0.4 is 16.0 Å². The molecule has 0 spiro atoms. The first-order valence-corrected chi connectivity index (χ1v) is 8.65. The van der Waals surface area contributed by atoms with Crippen LogP contribution in [0.4, 0.5) is 0 Å². The third kappa shape index (κ3) is 3.63. The first-order valence-electron chi connectivity index (χ1n) is 6.45. The Morgan fingerprint density at radius 2 is 2.30 bits per heavy atom. The van der Waals surface area contributed by atoms with Gasteiger partial charge in [0.1, 0.15) is 5.75 Å². The Hall–Kier alpha value is -0.820. The molecule has 1 heterocycles. The van der Waals surface area contributed by atoms with Crippen molar-refractivity contribution in [1.29, 1.82) is 0 Å². The van der Waals surface area contributed by atoms with Crippen molar-refractivity contribution in [3.8, 4) is 5.75 Å². The molecule has 0 aromatic heterocycles. The van der Waals surface area contributed by atoms with Crippen LogP contribution in [0.15, 0.2) is 18.2 Å². The third-order valence-electron chi connectivity index (χ3n) is 3.66. The monoisotopic (exact) mass is 318 g/mol. The molecule has 7 heteroatoms. The maximum atomic E-state index is 11.5. The quantitative estimate of drug-likeness (QED) is 0.637. The lowest BCUT2D eigenvalue weighted by Gasteiger charge is -2.21. The van der Waals surface area contributed by atoms with Crippen molar-refractivity contribution >= 4 is 21.4 Å². The van der Waals surface area contributed by atoms with Crippen molar-refractivity contribution in [2.45, 2.75) is 18.9 Å². The lowest BCUT2D eigenvalue weighted by molar-refractivity contribution is 0.378. The van der Waals surface area contributed by atoms with Gasteiger partial charge in [-0.1, -0.05) is 11.6 Å². The van der Waals surface area contributed by atoms with E-state index in [2.05, 4.69) is 5.43 Å². The Balaban J connectivity index is 2.18. The number of sulfone groups is 1. The summed E-state index contributed by atoms with van der Waals surface area (Å²) in [5.41, 5.74) is 3.59. The normalized spacial score (nSPS) is 22.6. The van der Waals surface area contributed by atoms with Gasteiger partial charge in [-0.05, 0) is 37.0 Å². The number of methoxy groups -OCH3 is 1. The average molecular weight is 319 g/mol. The highest BCUT2D eigenvalue weighted by molar-refractivity contribution is 7.91. The molecular formula is C13H19ClN2O3S. The van der Waals surface area contributed by atoms with Crippen molar-refractivity contribution in [2.24, 2.45) is 11.8 Å². The van der Waals surface area contributed by atoms with E-state index in [4.69, 9.17) is 22.2 Å². The highest BCUT2D eigenvalue weighted by atomic mass is 35.5. The molecule has 2 unspecified atom stereocenters. The summed E-state index contributed by atoms with van der Waals surface area (Å²) in [6, 6.07) is 5.15. The van der Waals surface area contributed by atoms with Gasteiger partial charge in [0.05, 0.1) is 18.6 Å². The van der Waals surface area contributed by atoms with Gasteiger partial charge < -0.3 is 4.74 Å². The number of ether oxygens (including phenoxy) is 1. The topological polar surface area (TPSA) is 81.4 Å². The molecule has 1 aliphatic heterocycles. The summed E-state index contributed by atoms with van der Waals surface area (Å²) < 4.78 is 28.4. The first kappa shape index (κ1) is 15.6. The molecule has 3 N–H and O–H groups in total. The van der Waals surface area contributed by atoms with Gasteiger partial charge in [-0.3, -0.25) is 11.3 Å². The molecule has 0 saturated carbocycles. The molecule has 5 nitrogen and oxygen atoms in total. The third-order valence-corrected chi connectivity index (χ3v) is 5.74. The molecule has 2 rings (SSSR count). The molecule has 0 aliphatic carbocycles. The summed E-state index contributed by atoms with van der Waals surface area (Å²) in [5, 5.41) is 0.597. The molecule has 1 aromatic rings. The Morgan fingerprint density at radius 3 is 2.85 bits per heavy atom. The van der Waals surface area contributed by atoms with Crippen LogP contribution in [0.3, 0.4) is 0 Å². The van der Waals surface area contributed by atoms with Crippen molar-refractivity contribution in [2.75, 3.05) is 18.6 Å². The van der Waals surface area contributed by atoms with Crippen molar-refractivity contribution in [3.63, 3.8) is 0 Å². The van der Waals surface area contributed by atoms with E-state index >= 15 is 0 Å². The summed E-state index contributed by atoms with van der Waals surface area (Å²) in [4.78, 5) is 0. The van der Waals surface area contributed by atoms with Crippen LogP contribution in [-0.4, -0.2) is 27.0 Å². The Labute approximate surface area is 124 Å². The van der Waals surface area contributed by atoms with Gasteiger partial charge in [0.25, 0.3) is 0 Å². The minimum atomic E-state index is -2.88. The average Bonchev–Trinajstić information content (AvgIpc) is 2.75. The van der Waals surface area contributed by atoms with Crippen LogP contribution in [0.1, 0.15) is 24.4 Å². The second-order valence-electron chi connectivity index (χ2n) is 5.11. The standard InChI is InChI=1S/C13H19ClN2O3S/c1-19-13-3-2-10(14)7-11(13)12(16-15)6-9-4-5-20(17,18)8-9/h2-3,7,9,12,16H,4-6,8,15H2,1H3. The molecular weight excluding hydrogens is 300 g/mol. The van der Waals surface area contributed by atoms with Gasteiger partial charge in [0.2, 0.25) is 0 Å². The van der Waals surface area contributed by atoms with Crippen molar-refractivity contribution in [1.82, 2.24) is 5.43 Å². The molecule has 20 heavy (non-hydrogen) atoms. The van der Waals surface area contributed by atoms with Gasteiger partial charge in [0, 0.05) is 16.6 Å². The molecule has 0 bridgehead atoms. The summed E-state index contributed by atoms with van der Waals surface area (Å²) >= 11 is 6.02. The number of halogens is 1. The van der Waals surface area contributed by atoms with Crippen LogP contribution in [0.25, 0.3) is 0 Å². The fourth-order valence-corrected chi connectivity index (χ4v) is 4.71. The highest BCUT2D eigenvalue weighted by Gasteiger charge is 2.30. The Morgan fingerprint density at radius 1 is 1.55 bits per heavy atom. The molecule has 112 valence electrons. The number of benzene rings is 1. The fraction of sp³-hybridized carbons (Fsp3) is 0.538. The maximum Gasteiger partial charge on any atom is 0.150 e. The largest absolute Gasteiger partial charge is 0.496 e. The predicted octanol–water partition coefficient (Wildman–Crippen LogP) is 1.68. The van der Waals surface area contributed by atoms with Gasteiger partial charge in [-0.2, -0.15) is 0 Å². The molecule has 1 aromatic carbocycles. The van der Waals surface area contributed by atoms with Crippen LogP contribution in [0.5, 0.6) is 5.75 Å². The number of hydrogen-bond acceptors (Lipinski definition) is 5. The number of nitrogens with one attached hydrogen (secondary N) is 1. The predicted molar refractivity (Wildman–Crippen MR) is 79.4 cm³/mol.